The molecule has 22 heavy (non-hydrogen) atoms. The quantitative estimate of drug-likeness (QED) is 0.674. The number of benzene rings is 2. The van der Waals surface area contributed by atoms with Gasteiger partial charge in [0, 0.05) is 28.6 Å². The molecular weight excluding hydrogens is 272 g/mol. The Bertz CT molecular complexity index is 809. The van der Waals surface area contributed by atoms with Gasteiger partial charge in [-0.15, -0.1) is 0 Å². The van der Waals surface area contributed by atoms with Crippen molar-refractivity contribution >= 4 is 5.78 Å². The smallest absolute Gasteiger partial charge is 0.159 e. The minimum atomic E-state index is 0.0685. The highest BCUT2D eigenvalue weighted by Crippen LogP contribution is 2.24. The van der Waals surface area contributed by atoms with E-state index in [9.17, 15) is 4.79 Å². The van der Waals surface area contributed by atoms with Crippen molar-refractivity contribution in [2.24, 2.45) is 0 Å². The van der Waals surface area contributed by atoms with E-state index in [4.69, 9.17) is 0 Å². The van der Waals surface area contributed by atoms with Crippen LogP contribution in [0, 0.1) is 6.92 Å². The molecule has 3 heteroatoms. The van der Waals surface area contributed by atoms with Gasteiger partial charge in [-0.2, -0.15) is 0 Å². The van der Waals surface area contributed by atoms with Gasteiger partial charge in [-0.1, -0.05) is 54.6 Å². The molecule has 0 unspecified atom stereocenters. The van der Waals surface area contributed by atoms with Crippen molar-refractivity contribution in [2.45, 2.75) is 13.8 Å². The summed E-state index contributed by atoms with van der Waals surface area (Å²) in [6.07, 6.45) is 1.84. The first-order valence-electron chi connectivity index (χ1n) is 7.15. The zero-order valence-corrected chi connectivity index (χ0v) is 12.6. The van der Waals surface area contributed by atoms with Gasteiger partial charge in [-0.25, -0.2) is 9.97 Å². The van der Waals surface area contributed by atoms with Crippen LogP contribution in [0.3, 0.4) is 0 Å². The molecule has 0 saturated heterocycles. The van der Waals surface area contributed by atoms with Crippen LogP contribution in [0.2, 0.25) is 0 Å². The molecule has 0 aliphatic carbocycles. The number of carbonyl (C=O) groups excluding carboxylic acids is 1. The topological polar surface area (TPSA) is 42.9 Å². The molecule has 0 aliphatic rings. The van der Waals surface area contributed by atoms with E-state index in [-0.39, 0.29) is 5.78 Å². The third-order valence-electron chi connectivity index (χ3n) is 3.61. The molecule has 0 radical (unpaired) electrons. The highest BCUT2D eigenvalue weighted by Gasteiger charge is 2.08. The number of rotatable bonds is 3. The van der Waals surface area contributed by atoms with Gasteiger partial charge >= 0.3 is 0 Å². The van der Waals surface area contributed by atoms with Crippen LogP contribution >= 0.6 is 0 Å². The predicted molar refractivity (Wildman–Crippen MR) is 87.6 cm³/mol. The second-order valence-electron chi connectivity index (χ2n) is 5.19. The van der Waals surface area contributed by atoms with Crippen LogP contribution in [0.25, 0.3) is 22.5 Å². The third kappa shape index (κ3) is 2.79. The molecule has 0 N–H and O–H groups in total. The van der Waals surface area contributed by atoms with Crippen molar-refractivity contribution in [3.8, 4) is 22.5 Å². The fraction of sp³-hybridized carbons (Fsp3) is 0.105. The molecule has 0 amide bonds. The largest absolute Gasteiger partial charge is 0.295 e. The lowest BCUT2D eigenvalue weighted by atomic mass is 10.0. The van der Waals surface area contributed by atoms with Crippen LogP contribution < -0.4 is 0 Å². The second kappa shape index (κ2) is 5.90. The zero-order chi connectivity index (χ0) is 15.5. The van der Waals surface area contributed by atoms with Crippen LogP contribution in [0.5, 0.6) is 0 Å². The lowest BCUT2D eigenvalue weighted by Gasteiger charge is -2.08. The van der Waals surface area contributed by atoms with Crippen molar-refractivity contribution in [1.29, 1.82) is 0 Å². The first-order valence-corrected chi connectivity index (χ1v) is 7.15. The summed E-state index contributed by atoms with van der Waals surface area (Å²) >= 11 is 0. The maximum absolute atomic E-state index is 11.3. The monoisotopic (exact) mass is 288 g/mol. The van der Waals surface area contributed by atoms with E-state index in [0.717, 1.165) is 28.2 Å². The van der Waals surface area contributed by atoms with E-state index in [1.54, 1.807) is 6.92 Å². The summed E-state index contributed by atoms with van der Waals surface area (Å²) in [6, 6.07) is 17.5. The molecule has 0 fully saturated rings. The van der Waals surface area contributed by atoms with Crippen molar-refractivity contribution in [3.05, 3.63) is 72.1 Å². The van der Waals surface area contributed by atoms with E-state index in [2.05, 4.69) is 9.97 Å². The zero-order valence-electron chi connectivity index (χ0n) is 12.6. The van der Waals surface area contributed by atoms with Crippen LogP contribution in [0.15, 0.2) is 60.8 Å². The number of aromatic nitrogens is 2. The first-order chi connectivity index (χ1) is 10.6. The van der Waals surface area contributed by atoms with Gasteiger partial charge in [0.2, 0.25) is 0 Å². The van der Waals surface area contributed by atoms with Crippen LogP contribution in [-0.4, -0.2) is 15.8 Å². The maximum Gasteiger partial charge on any atom is 0.159 e. The third-order valence-corrected chi connectivity index (χ3v) is 3.61. The summed E-state index contributed by atoms with van der Waals surface area (Å²) in [5.74, 6) is 0.793. The standard InChI is InChI=1S/C19H16N2O/c1-13-18(16-10-8-15(9-11-16)14(2)22)12-20-19(21-13)17-6-4-3-5-7-17/h3-12H,1-2H3. The van der Waals surface area contributed by atoms with E-state index in [0.29, 0.717) is 5.56 Å². The van der Waals surface area contributed by atoms with Gasteiger partial charge in [0.25, 0.3) is 0 Å². The van der Waals surface area contributed by atoms with Crippen LogP contribution in [-0.2, 0) is 0 Å². The molecular formula is C19H16N2O. The highest BCUT2D eigenvalue weighted by atomic mass is 16.1. The van der Waals surface area contributed by atoms with Gasteiger partial charge in [-0.3, -0.25) is 4.79 Å². The fourth-order valence-corrected chi connectivity index (χ4v) is 2.36. The molecule has 1 heterocycles. The van der Waals surface area contributed by atoms with Gasteiger partial charge in [-0.05, 0) is 19.4 Å². The second-order valence-corrected chi connectivity index (χ2v) is 5.19. The Morgan fingerprint density at radius 2 is 1.59 bits per heavy atom. The van der Waals surface area contributed by atoms with Crippen molar-refractivity contribution in [1.82, 2.24) is 9.97 Å². The summed E-state index contributed by atoms with van der Waals surface area (Å²) in [7, 11) is 0. The number of Topliss-reactive ketones (excluding diaryl/α,β-unsaturated/α-hetero) is 1. The number of hydrogen-bond donors (Lipinski definition) is 0. The van der Waals surface area contributed by atoms with Crippen molar-refractivity contribution in [2.75, 3.05) is 0 Å². The molecule has 108 valence electrons. The summed E-state index contributed by atoms with van der Waals surface area (Å²) in [6.45, 7) is 3.54. The molecule has 2 aromatic carbocycles. The Labute approximate surface area is 129 Å². The maximum atomic E-state index is 11.3. The lowest BCUT2D eigenvalue weighted by molar-refractivity contribution is 0.101. The Morgan fingerprint density at radius 3 is 2.18 bits per heavy atom. The fourth-order valence-electron chi connectivity index (χ4n) is 2.36. The normalized spacial score (nSPS) is 10.5. The Hall–Kier alpha value is -2.81. The molecule has 0 aliphatic heterocycles. The van der Waals surface area contributed by atoms with Crippen LogP contribution in [0.1, 0.15) is 23.0 Å². The number of carbonyl (C=O) groups is 1. The molecule has 3 aromatic rings. The summed E-state index contributed by atoms with van der Waals surface area (Å²) < 4.78 is 0. The number of hydrogen-bond acceptors (Lipinski definition) is 3. The van der Waals surface area contributed by atoms with Gasteiger partial charge in [0.15, 0.2) is 11.6 Å². The van der Waals surface area contributed by atoms with Gasteiger partial charge < -0.3 is 0 Å². The molecule has 0 atom stereocenters. The Balaban J connectivity index is 1.97. The Kier molecular flexibility index (Phi) is 3.79. The molecule has 0 saturated carbocycles. The SMILES string of the molecule is CC(=O)c1ccc(-c2cnc(-c3ccccc3)nc2C)cc1. The summed E-state index contributed by atoms with van der Waals surface area (Å²) in [4.78, 5) is 20.4. The minimum absolute atomic E-state index is 0.0685. The average molecular weight is 288 g/mol. The van der Waals surface area contributed by atoms with E-state index in [1.807, 2.05) is 67.7 Å². The predicted octanol–water partition coefficient (Wildman–Crippen LogP) is 4.32. The number of nitrogens with zero attached hydrogens (tertiary/aromatic N) is 2. The minimum Gasteiger partial charge on any atom is -0.295 e. The lowest BCUT2D eigenvalue weighted by Crippen LogP contribution is -1.96. The number of ketones is 1. The molecule has 1 aromatic heterocycles. The van der Waals surface area contributed by atoms with Crippen molar-refractivity contribution < 1.29 is 4.79 Å². The van der Waals surface area contributed by atoms with Crippen LogP contribution in [0.4, 0.5) is 0 Å². The molecule has 0 spiro atoms. The molecule has 3 nitrogen and oxygen atoms in total. The van der Waals surface area contributed by atoms with Gasteiger partial charge in [0.05, 0.1) is 0 Å². The van der Waals surface area contributed by atoms with E-state index >= 15 is 0 Å². The Morgan fingerprint density at radius 1 is 0.909 bits per heavy atom. The van der Waals surface area contributed by atoms with Gasteiger partial charge in [0.1, 0.15) is 0 Å². The van der Waals surface area contributed by atoms with E-state index < -0.39 is 0 Å². The summed E-state index contributed by atoms with van der Waals surface area (Å²) in [5, 5.41) is 0. The molecule has 3 rings (SSSR count). The summed E-state index contributed by atoms with van der Waals surface area (Å²) in [5.41, 5.74) is 4.63. The van der Waals surface area contributed by atoms with Crippen molar-refractivity contribution in [3.63, 3.8) is 0 Å². The first kappa shape index (κ1) is 14.1. The average Bonchev–Trinajstić information content (AvgIpc) is 2.56. The van der Waals surface area contributed by atoms with E-state index in [1.165, 1.54) is 0 Å². The number of aryl methyl sites for hydroxylation is 1. The molecule has 0 bridgehead atoms. The highest BCUT2D eigenvalue weighted by molar-refractivity contribution is 5.94.